The normalized spacial score (nSPS) is 25.0. The first-order chi connectivity index (χ1) is 8.31. The van der Waals surface area contributed by atoms with Gasteiger partial charge in [-0.15, -0.1) is 0 Å². The number of fused-ring (bicyclic) bond motifs is 1. The summed E-state index contributed by atoms with van der Waals surface area (Å²) in [6.07, 6.45) is 5.10. The van der Waals surface area contributed by atoms with E-state index in [0.717, 1.165) is 17.0 Å². The lowest BCUT2D eigenvalue weighted by Crippen LogP contribution is -2.26. The van der Waals surface area contributed by atoms with Crippen molar-refractivity contribution in [2.75, 3.05) is 5.32 Å². The van der Waals surface area contributed by atoms with E-state index in [0.29, 0.717) is 12.1 Å². The number of anilines is 1. The van der Waals surface area contributed by atoms with E-state index in [1.54, 1.807) is 0 Å². The molecule has 0 bridgehead atoms. The molecule has 2 unspecified atom stereocenters. The lowest BCUT2D eigenvalue weighted by atomic mass is 9.87. The minimum atomic E-state index is 0.520. The summed E-state index contributed by atoms with van der Waals surface area (Å²) in [6, 6.07) is 9.08. The van der Waals surface area contributed by atoms with Gasteiger partial charge < -0.3 is 9.73 Å². The average molecular weight is 230 g/mol. The number of aromatic nitrogens is 1. The van der Waals surface area contributed by atoms with Crippen molar-refractivity contribution < 1.29 is 4.42 Å². The molecule has 2 atom stereocenters. The van der Waals surface area contributed by atoms with E-state index in [1.807, 2.05) is 24.3 Å². The van der Waals surface area contributed by atoms with E-state index >= 15 is 0 Å². The summed E-state index contributed by atoms with van der Waals surface area (Å²) >= 11 is 0. The molecule has 0 amide bonds. The van der Waals surface area contributed by atoms with Crippen LogP contribution in [0.15, 0.2) is 28.7 Å². The number of rotatable bonds is 2. The van der Waals surface area contributed by atoms with Gasteiger partial charge in [0.15, 0.2) is 5.58 Å². The van der Waals surface area contributed by atoms with Crippen LogP contribution in [0.4, 0.5) is 6.01 Å². The SMILES string of the molecule is CC1CCCC(Nc2nc3ccccc3o2)C1. The Hall–Kier alpha value is -1.51. The minimum absolute atomic E-state index is 0.520. The maximum atomic E-state index is 5.68. The highest BCUT2D eigenvalue weighted by molar-refractivity contribution is 5.74. The largest absolute Gasteiger partial charge is 0.424 e. The number of oxazole rings is 1. The Balaban J connectivity index is 1.75. The second kappa shape index (κ2) is 4.40. The van der Waals surface area contributed by atoms with Gasteiger partial charge >= 0.3 is 0 Å². The predicted molar refractivity (Wildman–Crippen MR) is 69.1 cm³/mol. The predicted octanol–water partition coefficient (Wildman–Crippen LogP) is 3.82. The molecule has 0 radical (unpaired) electrons. The van der Waals surface area contributed by atoms with E-state index in [-0.39, 0.29) is 0 Å². The topological polar surface area (TPSA) is 38.1 Å². The van der Waals surface area contributed by atoms with Crippen molar-refractivity contribution in [2.24, 2.45) is 5.92 Å². The Labute approximate surface area is 101 Å². The monoisotopic (exact) mass is 230 g/mol. The third kappa shape index (κ3) is 2.28. The van der Waals surface area contributed by atoms with Crippen molar-refractivity contribution in [3.05, 3.63) is 24.3 Å². The molecule has 1 N–H and O–H groups in total. The molecular formula is C14H18N2O. The number of nitrogens with one attached hydrogen (secondary N) is 1. The fraction of sp³-hybridized carbons (Fsp3) is 0.500. The number of para-hydroxylation sites is 2. The Kier molecular flexibility index (Phi) is 2.75. The first-order valence-electron chi connectivity index (χ1n) is 6.43. The first-order valence-corrected chi connectivity index (χ1v) is 6.43. The second-order valence-corrected chi connectivity index (χ2v) is 5.10. The van der Waals surface area contributed by atoms with Gasteiger partial charge in [-0.2, -0.15) is 4.98 Å². The number of nitrogens with zero attached hydrogens (tertiary/aromatic N) is 1. The van der Waals surface area contributed by atoms with Gasteiger partial charge in [0.2, 0.25) is 0 Å². The molecule has 3 nitrogen and oxygen atoms in total. The van der Waals surface area contributed by atoms with E-state index in [9.17, 15) is 0 Å². The summed E-state index contributed by atoms with van der Waals surface area (Å²) in [5.74, 6) is 0.811. The van der Waals surface area contributed by atoms with Crippen LogP contribution in [-0.4, -0.2) is 11.0 Å². The number of hydrogen-bond donors (Lipinski definition) is 1. The molecular weight excluding hydrogens is 212 g/mol. The Bertz CT molecular complexity index is 473. The molecule has 0 saturated heterocycles. The van der Waals surface area contributed by atoms with Crippen LogP contribution in [0, 0.1) is 5.92 Å². The van der Waals surface area contributed by atoms with Crippen LogP contribution in [-0.2, 0) is 0 Å². The molecule has 3 heteroatoms. The molecule has 0 aliphatic heterocycles. The third-order valence-electron chi connectivity index (χ3n) is 3.56. The molecule has 1 aromatic heterocycles. The Morgan fingerprint density at radius 3 is 3.00 bits per heavy atom. The maximum absolute atomic E-state index is 5.68. The standard InChI is InChI=1S/C14H18N2O/c1-10-5-4-6-11(9-10)15-14-16-12-7-2-3-8-13(12)17-14/h2-3,7-8,10-11H,4-6,9H2,1H3,(H,15,16). The number of benzene rings is 1. The Morgan fingerprint density at radius 1 is 1.29 bits per heavy atom. The van der Waals surface area contributed by atoms with Crippen molar-refractivity contribution in [1.29, 1.82) is 0 Å². The van der Waals surface area contributed by atoms with Crippen LogP contribution in [0.3, 0.4) is 0 Å². The quantitative estimate of drug-likeness (QED) is 0.852. The van der Waals surface area contributed by atoms with Gasteiger partial charge in [0.1, 0.15) is 5.52 Å². The molecule has 1 aliphatic rings. The minimum Gasteiger partial charge on any atom is -0.424 e. The fourth-order valence-corrected chi connectivity index (χ4v) is 2.67. The highest BCUT2D eigenvalue weighted by Gasteiger charge is 2.20. The molecule has 3 rings (SSSR count). The molecule has 1 heterocycles. The first kappa shape index (κ1) is 10.6. The smallest absolute Gasteiger partial charge is 0.295 e. The zero-order chi connectivity index (χ0) is 11.7. The average Bonchev–Trinajstić information content (AvgIpc) is 2.71. The van der Waals surface area contributed by atoms with Crippen LogP contribution in [0.25, 0.3) is 11.1 Å². The highest BCUT2D eigenvalue weighted by atomic mass is 16.4. The molecule has 1 fully saturated rings. The molecule has 1 saturated carbocycles. The van der Waals surface area contributed by atoms with Crippen LogP contribution in [0.5, 0.6) is 0 Å². The second-order valence-electron chi connectivity index (χ2n) is 5.10. The molecule has 90 valence electrons. The van der Waals surface area contributed by atoms with Crippen LogP contribution < -0.4 is 5.32 Å². The van der Waals surface area contributed by atoms with Gasteiger partial charge in [0.25, 0.3) is 6.01 Å². The van der Waals surface area contributed by atoms with E-state index in [1.165, 1.54) is 25.7 Å². The summed E-state index contributed by atoms with van der Waals surface area (Å²) in [4.78, 5) is 4.45. The van der Waals surface area contributed by atoms with E-state index in [2.05, 4.69) is 17.2 Å². The van der Waals surface area contributed by atoms with Gasteiger partial charge in [-0.25, -0.2) is 0 Å². The molecule has 1 aliphatic carbocycles. The maximum Gasteiger partial charge on any atom is 0.295 e. The van der Waals surface area contributed by atoms with Gasteiger partial charge in [0.05, 0.1) is 0 Å². The van der Waals surface area contributed by atoms with Crippen LogP contribution in [0.2, 0.25) is 0 Å². The zero-order valence-electron chi connectivity index (χ0n) is 10.1. The van der Waals surface area contributed by atoms with Gasteiger partial charge in [-0.05, 0) is 30.9 Å². The molecule has 0 spiro atoms. The van der Waals surface area contributed by atoms with Crippen LogP contribution >= 0.6 is 0 Å². The van der Waals surface area contributed by atoms with Gasteiger partial charge in [-0.3, -0.25) is 0 Å². The molecule has 2 aromatic rings. The summed E-state index contributed by atoms with van der Waals surface area (Å²) in [6.45, 7) is 2.32. The zero-order valence-corrected chi connectivity index (χ0v) is 10.1. The lowest BCUT2D eigenvalue weighted by molar-refractivity contribution is 0.354. The van der Waals surface area contributed by atoms with Crippen molar-refractivity contribution in [2.45, 2.75) is 38.6 Å². The summed E-state index contributed by atoms with van der Waals surface area (Å²) in [5.41, 5.74) is 1.79. The van der Waals surface area contributed by atoms with Gasteiger partial charge in [0, 0.05) is 6.04 Å². The van der Waals surface area contributed by atoms with Crippen molar-refractivity contribution in [3.8, 4) is 0 Å². The van der Waals surface area contributed by atoms with Crippen molar-refractivity contribution in [3.63, 3.8) is 0 Å². The van der Waals surface area contributed by atoms with Crippen LogP contribution in [0.1, 0.15) is 32.6 Å². The molecule has 1 aromatic carbocycles. The summed E-state index contributed by atoms with van der Waals surface area (Å²) in [7, 11) is 0. The molecule has 17 heavy (non-hydrogen) atoms. The Morgan fingerprint density at radius 2 is 2.18 bits per heavy atom. The van der Waals surface area contributed by atoms with E-state index < -0.39 is 0 Å². The van der Waals surface area contributed by atoms with E-state index in [4.69, 9.17) is 4.42 Å². The summed E-state index contributed by atoms with van der Waals surface area (Å²) in [5, 5.41) is 3.42. The highest BCUT2D eigenvalue weighted by Crippen LogP contribution is 2.27. The third-order valence-corrected chi connectivity index (χ3v) is 3.56. The summed E-state index contributed by atoms with van der Waals surface area (Å²) < 4.78 is 5.68. The van der Waals surface area contributed by atoms with Crippen molar-refractivity contribution >= 4 is 17.1 Å². The number of hydrogen-bond acceptors (Lipinski definition) is 3. The lowest BCUT2D eigenvalue weighted by Gasteiger charge is -2.26. The fourth-order valence-electron chi connectivity index (χ4n) is 2.67. The van der Waals surface area contributed by atoms with Crippen molar-refractivity contribution in [1.82, 2.24) is 4.98 Å². The van der Waals surface area contributed by atoms with Gasteiger partial charge in [-0.1, -0.05) is 31.9 Å².